The standard InChI is InChI=1S/C15H26ClN3O/c1-11-14(16)12(19(2)18-11)10-13(17)15(20-3)8-6-4-5-7-9-15/h13H,4-10,17H2,1-3H3. The van der Waals surface area contributed by atoms with E-state index in [1.807, 2.05) is 18.7 Å². The Morgan fingerprint density at radius 3 is 2.40 bits per heavy atom. The van der Waals surface area contributed by atoms with Gasteiger partial charge in [-0.25, -0.2) is 0 Å². The lowest BCUT2D eigenvalue weighted by atomic mass is 9.84. The number of halogens is 1. The van der Waals surface area contributed by atoms with Crippen molar-refractivity contribution in [1.82, 2.24) is 9.78 Å². The molecule has 2 rings (SSSR count). The number of ether oxygens (including phenoxy) is 1. The molecular formula is C15H26ClN3O. The molecule has 0 spiro atoms. The maximum absolute atomic E-state index is 6.52. The molecule has 0 radical (unpaired) electrons. The van der Waals surface area contributed by atoms with Gasteiger partial charge in [0.1, 0.15) is 0 Å². The van der Waals surface area contributed by atoms with Gasteiger partial charge in [-0.1, -0.05) is 37.3 Å². The second kappa shape index (κ2) is 6.46. The third-order valence-corrected chi connectivity index (χ3v) is 5.20. The summed E-state index contributed by atoms with van der Waals surface area (Å²) in [6.07, 6.45) is 7.74. The quantitative estimate of drug-likeness (QED) is 0.870. The smallest absolute Gasteiger partial charge is 0.0847 e. The summed E-state index contributed by atoms with van der Waals surface area (Å²) in [5.41, 5.74) is 8.18. The first-order chi connectivity index (χ1) is 9.50. The molecule has 5 heteroatoms. The highest BCUT2D eigenvalue weighted by Gasteiger charge is 2.37. The Morgan fingerprint density at radius 1 is 1.35 bits per heavy atom. The molecule has 1 heterocycles. The third kappa shape index (κ3) is 3.02. The Kier molecular flexibility index (Phi) is 5.10. The Balaban J connectivity index is 2.18. The molecule has 2 N–H and O–H groups in total. The minimum absolute atomic E-state index is 0.0436. The summed E-state index contributed by atoms with van der Waals surface area (Å²) in [7, 11) is 3.72. The Hall–Kier alpha value is -0.580. The lowest BCUT2D eigenvalue weighted by Gasteiger charge is -2.37. The topological polar surface area (TPSA) is 53.1 Å². The monoisotopic (exact) mass is 299 g/mol. The van der Waals surface area contributed by atoms with E-state index in [9.17, 15) is 0 Å². The molecule has 1 aliphatic carbocycles. The van der Waals surface area contributed by atoms with Crippen molar-refractivity contribution in [3.8, 4) is 0 Å². The molecule has 1 unspecified atom stereocenters. The lowest BCUT2D eigenvalue weighted by molar-refractivity contribution is -0.0433. The normalized spacial score (nSPS) is 20.6. The highest BCUT2D eigenvalue weighted by atomic mass is 35.5. The van der Waals surface area contributed by atoms with E-state index in [0.717, 1.165) is 29.3 Å². The highest BCUT2D eigenvalue weighted by molar-refractivity contribution is 6.31. The molecule has 1 aromatic rings. The number of nitrogens with two attached hydrogens (primary N) is 1. The third-order valence-electron chi connectivity index (χ3n) is 4.71. The number of methoxy groups -OCH3 is 1. The molecule has 4 nitrogen and oxygen atoms in total. The summed E-state index contributed by atoms with van der Waals surface area (Å²) in [4.78, 5) is 0. The second-order valence-corrected chi connectivity index (χ2v) is 6.34. The molecule has 0 bridgehead atoms. The molecule has 1 aliphatic rings. The molecule has 1 fully saturated rings. The van der Waals surface area contributed by atoms with Gasteiger partial charge in [-0.3, -0.25) is 4.68 Å². The van der Waals surface area contributed by atoms with Gasteiger partial charge in [-0.05, 0) is 19.8 Å². The Labute approximate surface area is 126 Å². The molecule has 20 heavy (non-hydrogen) atoms. The van der Waals surface area contributed by atoms with Gasteiger partial charge in [-0.2, -0.15) is 5.10 Å². The van der Waals surface area contributed by atoms with Crippen molar-refractivity contribution in [1.29, 1.82) is 0 Å². The van der Waals surface area contributed by atoms with Crippen LogP contribution in [0, 0.1) is 6.92 Å². The number of nitrogens with zero attached hydrogens (tertiary/aromatic N) is 2. The van der Waals surface area contributed by atoms with E-state index in [4.69, 9.17) is 22.1 Å². The summed E-state index contributed by atoms with van der Waals surface area (Å²) in [5, 5.41) is 5.10. The van der Waals surface area contributed by atoms with Crippen LogP contribution in [0.5, 0.6) is 0 Å². The maximum Gasteiger partial charge on any atom is 0.0847 e. The predicted molar refractivity (Wildman–Crippen MR) is 82.1 cm³/mol. The fourth-order valence-corrected chi connectivity index (χ4v) is 3.59. The van der Waals surface area contributed by atoms with Gasteiger partial charge in [0.25, 0.3) is 0 Å². The van der Waals surface area contributed by atoms with Crippen LogP contribution >= 0.6 is 11.6 Å². The van der Waals surface area contributed by atoms with Crippen LogP contribution in [0.2, 0.25) is 5.02 Å². The fraction of sp³-hybridized carbons (Fsp3) is 0.800. The predicted octanol–water partition coefficient (Wildman–Crippen LogP) is 2.99. The van der Waals surface area contributed by atoms with Gasteiger partial charge in [0.2, 0.25) is 0 Å². The van der Waals surface area contributed by atoms with Gasteiger partial charge in [0.05, 0.1) is 22.0 Å². The Bertz CT molecular complexity index is 450. The number of hydrogen-bond acceptors (Lipinski definition) is 3. The van der Waals surface area contributed by atoms with E-state index in [-0.39, 0.29) is 11.6 Å². The molecule has 0 aromatic carbocycles. The van der Waals surface area contributed by atoms with Crippen molar-refractivity contribution in [3.05, 3.63) is 16.4 Å². The summed E-state index contributed by atoms with van der Waals surface area (Å²) in [5.74, 6) is 0. The minimum Gasteiger partial charge on any atom is -0.377 e. The number of aryl methyl sites for hydroxylation is 2. The van der Waals surface area contributed by atoms with E-state index >= 15 is 0 Å². The van der Waals surface area contributed by atoms with Crippen molar-refractivity contribution in [2.75, 3.05) is 7.11 Å². The summed E-state index contributed by atoms with van der Waals surface area (Å²) >= 11 is 6.34. The molecule has 0 aliphatic heterocycles. The van der Waals surface area contributed by atoms with Gasteiger partial charge < -0.3 is 10.5 Å². The van der Waals surface area contributed by atoms with Crippen LogP contribution in [0.3, 0.4) is 0 Å². The largest absolute Gasteiger partial charge is 0.377 e. The van der Waals surface area contributed by atoms with Crippen LogP contribution in [-0.4, -0.2) is 28.5 Å². The maximum atomic E-state index is 6.52. The van der Waals surface area contributed by atoms with E-state index in [0.29, 0.717) is 6.42 Å². The second-order valence-electron chi connectivity index (χ2n) is 5.96. The van der Waals surface area contributed by atoms with Crippen LogP contribution in [0.1, 0.15) is 49.9 Å². The van der Waals surface area contributed by atoms with Crippen molar-refractivity contribution < 1.29 is 4.74 Å². The van der Waals surface area contributed by atoms with Crippen molar-refractivity contribution in [2.45, 2.75) is 63.5 Å². The lowest BCUT2D eigenvalue weighted by Crippen LogP contribution is -2.50. The summed E-state index contributed by atoms with van der Waals surface area (Å²) in [6, 6.07) is -0.0436. The molecule has 0 saturated heterocycles. The SMILES string of the molecule is COC1(C(N)Cc2c(Cl)c(C)nn2C)CCCCCC1. The minimum atomic E-state index is -0.210. The zero-order chi connectivity index (χ0) is 14.8. The van der Waals surface area contributed by atoms with Crippen LogP contribution in [0.15, 0.2) is 0 Å². The van der Waals surface area contributed by atoms with Crippen LogP contribution < -0.4 is 5.73 Å². The highest BCUT2D eigenvalue weighted by Crippen LogP contribution is 2.34. The van der Waals surface area contributed by atoms with Gasteiger partial charge >= 0.3 is 0 Å². The number of rotatable bonds is 4. The molecule has 114 valence electrons. The number of hydrogen-bond donors (Lipinski definition) is 1. The fourth-order valence-electron chi connectivity index (χ4n) is 3.35. The van der Waals surface area contributed by atoms with Crippen molar-refractivity contribution >= 4 is 11.6 Å². The molecule has 1 atom stereocenters. The van der Waals surface area contributed by atoms with Gasteiger partial charge in [0, 0.05) is 26.6 Å². The van der Waals surface area contributed by atoms with Gasteiger partial charge in [-0.15, -0.1) is 0 Å². The molecular weight excluding hydrogens is 274 g/mol. The van der Waals surface area contributed by atoms with Crippen LogP contribution in [-0.2, 0) is 18.2 Å². The first-order valence-corrected chi connectivity index (χ1v) is 7.86. The average Bonchev–Trinajstić information content (AvgIpc) is 2.66. The number of aromatic nitrogens is 2. The molecule has 1 saturated carbocycles. The zero-order valence-electron chi connectivity index (χ0n) is 12.8. The average molecular weight is 300 g/mol. The van der Waals surface area contributed by atoms with E-state index in [2.05, 4.69) is 5.10 Å². The first-order valence-electron chi connectivity index (χ1n) is 7.49. The van der Waals surface area contributed by atoms with E-state index < -0.39 is 0 Å². The summed E-state index contributed by atoms with van der Waals surface area (Å²) < 4.78 is 7.73. The van der Waals surface area contributed by atoms with Crippen LogP contribution in [0.4, 0.5) is 0 Å². The van der Waals surface area contributed by atoms with Crippen LogP contribution in [0.25, 0.3) is 0 Å². The molecule has 0 amide bonds. The van der Waals surface area contributed by atoms with Crippen molar-refractivity contribution in [2.24, 2.45) is 12.8 Å². The first kappa shape index (κ1) is 15.8. The zero-order valence-corrected chi connectivity index (χ0v) is 13.5. The molecule has 1 aromatic heterocycles. The Morgan fingerprint density at radius 2 is 1.95 bits per heavy atom. The van der Waals surface area contributed by atoms with Crippen molar-refractivity contribution in [3.63, 3.8) is 0 Å². The van der Waals surface area contributed by atoms with E-state index in [1.54, 1.807) is 7.11 Å². The van der Waals surface area contributed by atoms with E-state index in [1.165, 1.54) is 25.7 Å². The van der Waals surface area contributed by atoms with Gasteiger partial charge in [0.15, 0.2) is 0 Å². The summed E-state index contributed by atoms with van der Waals surface area (Å²) in [6.45, 7) is 1.93.